The summed E-state index contributed by atoms with van der Waals surface area (Å²) in [5.41, 5.74) is -0.0984. The molecular formula is C33H37ClF3N3O4S. The van der Waals surface area contributed by atoms with E-state index in [1.54, 1.807) is 50.2 Å². The number of nitrogens with one attached hydrogen (secondary N) is 1. The smallest absolute Gasteiger partial charge is 0.352 e. The van der Waals surface area contributed by atoms with Crippen LogP contribution in [0.5, 0.6) is 0 Å². The summed E-state index contributed by atoms with van der Waals surface area (Å²) in [4.78, 5) is 28.9. The first-order chi connectivity index (χ1) is 21.3. The van der Waals surface area contributed by atoms with Crippen LogP contribution in [-0.4, -0.2) is 43.8 Å². The number of alkyl halides is 3. The molecule has 0 aliphatic heterocycles. The van der Waals surface area contributed by atoms with Gasteiger partial charge in [0.25, 0.3) is 10.0 Å². The van der Waals surface area contributed by atoms with Crippen LogP contribution in [0.1, 0.15) is 62.1 Å². The van der Waals surface area contributed by atoms with Crippen molar-refractivity contribution < 1.29 is 31.2 Å². The Kier molecular flexibility index (Phi) is 11.2. The van der Waals surface area contributed by atoms with Crippen LogP contribution in [0.15, 0.2) is 77.7 Å². The van der Waals surface area contributed by atoms with Crippen LogP contribution < -0.4 is 9.62 Å². The molecule has 2 amide bonds. The minimum Gasteiger partial charge on any atom is -0.352 e. The quantitative estimate of drug-likeness (QED) is 0.237. The standard InChI is InChI=1S/C33H37ClF3N3O4S/c1-3-30(32(42)38-26-12-5-4-6-13-26)39(21-24-10-7-8-15-29(24)34)31(41)22-40(27-14-9-11-25(20-27)33(35,36)37)45(43,44)28-18-16-23(2)17-19-28/h7-11,14-20,26,30H,3-6,12-13,21-22H2,1-2H3,(H,38,42)/t30-/m0/s1. The Morgan fingerprint density at radius 2 is 1.64 bits per heavy atom. The van der Waals surface area contributed by atoms with Gasteiger partial charge in [-0.15, -0.1) is 0 Å². The molecule has 0 aromatic heterocycles. The lowest BCUT2D eigenvalue weighted by Crippen LogP contribution is -2.54. The molecule has 242 valence electrons. The fraction of sp³-hybridized carbons (Fsp3) is 0.394. The number of rotatable bonds is 11. The zero-order valence-electron chi connectivity index (χ0n) is 25.2. The third kappa shape index (κ3) is 8.58. The Labute approximate surface area is 267 Å². The zero-order valence-corrected chi connectivity index (χ0v) is 26.8. The van der Waals surface area contributed by atoms with E-state index < -0.39 is 40.3 Å². The van der Waals surface area contributed by atoms with Gasteiger partial charge < -0.3 is 10.2 Å². The predicted molar refractivity (Wildman–Crippen MR) is 168 cm³/mol. The fourth-order valence-electron chi connectivity index (χ4n) is 5.48. The van der Waals surface area contributed by atoms with Crippen molar-refractivity contribution in [2.24, 2.45) is 0 Å². The van der Waals surface area contributed by atoms with Gasteiger partial charge in [0, 0.05) is 17.6 Å². The molecule has 1 aliphatic rings. The highest BCUT2D eigenvalue weighted by atomic mass is 35.5. The molecule has 1 atom stereocenters. The molecule has 4 rings (SSSR count). The molecule has 3 aromatic carbocycles. The molecule has 1 fully saturated rings. The van der Waals surface area contributed by atoms with Crippen molar-refractivity contribution in [2.75, 3.05) is 10.8 Å². The van der Waals surface area contributed by atoms with Crippen LogP contribution in [-0.2, 0) is 32.3 Å². The van der Waals surface area contributed by atoms with E-state index in [1.807, 2.05) is 0 Å². The maximum absolute atomic E-state index is 14.2. The number of carbonyl (C=O) groups is 2. The van der Waals surface area contributed by atoms with Crippen LogP contribution in [0.2, 0.25) is 5.02 Å². The van der Waals surface area contributed by atoms with Crippen molar-refractivity contribution >= 4 is 39.1 Å². The van der Waals surface area contributed by atoms with Gasteiger partial charge in [-0.2, -0.15) is 13.2 Å². The van der Waals surface area contributed by atoms with Crippen molar-refractivity contribution in [3.8, 4) is 0 Å². The number of sulfonamides is 1. The molecule has 0 radical (unpaired) electrons. The largest absolute Gasteiger partial charge is 0.416 e. The van der Waals surface area contributed by atoms with Crippen molar-refractivity contribution in [3.05, 3.63) is 94.5 Å². The number of halogens is 4. The highest BCUT2D eigenvalue weighted by molar-refractivity contribution is 7.92. The van der Waals surface area contributed by atoms with Crippen molar-refractivity contribution in [1.82, 2.24) is 10.2 Å². The van der Waals surface area contributed by atoms with Crippen LogP contribution >= 0.6 is 11.6 Å². The van der Waals surface area contributed by atoms with Gasteiger partial charge in [-0.25, -0.2) is 8.42 Å². The summed E-state index contributed by atoms with van der Waals surface area (Å²) < 4.78 is 69.7. The molecule has 45 heavy (non-hydrogen) atoms. The molecule has 0 spiro atoms. The summed E-state index contributed by atoms with van der Waals surface area (Å²) in [6, 6.07) is 15.4. The van der Waals surface area contributed by atoms with Crippen LogP contribution in [0, 0.1) is 6.92 Å². The summed E-state index contributed by atoms with van der Waals surface area (Å²) in [6.07, 6.45) is 0.140. The lowest BCUT2D eigenvalue weighted by atomic mass is 9.95. The third-order valence-electron chi connectivity index (χ3n) is 7.99. The van der Waals surface area contributed by atoms with E-state index in [2.05, 4.69) is 5.32 Å². The van der Waals surface area contributed by atoms with Gasteiger partial charge in [-0.05, 0) is 68.1 Å². The molecule has 0 unspecified atom stereocenters. The van der Waals surface area contributed by atoms with Crippen LogP contribution in [0.25, 0.3) is 0 Å². The highest BCUT2D eigenvalue weighted by Crippen LogP contribution is 2.33. The number of aryl methyl sites for hydroxylation is 1. The van der Waals surface area contributed by atoms with Gasteiger partial charge in [-0.3, -0.25) is 13.9 Å². The summed E-state index contributed by atoms with van der Waals surface area (Å²) in [6.45, 7) is 2.54. The molecule has 1 saturated carbocycles. The second-order valence-electron chi connectivity index (χ2n) is 11.3. The van der Waals surface area contributed by atoms with Crippen LogP contribution in [0.3, 0.4) is 0 Å². The van der Waals surface area contributed by atoms with Gasteiger partial charge in [0.2, 0.25) is 11.8 Å². The minimum atomic E-state index is -4.75. The maximum atomic E-state index is 14.2. The molecule has 3 aromatic rings. The second kappa shape index (κ2) is 14.7. The normalized spacial score (nSPS) is 14.9. The Balaban J connectivity index is 1.76. The van der Waals surface area contributed by atoms with Crippen molar-refractivity contribution in [3.63, 3.8) is 0 Å². The lowest BCUT2D eigenvalue weighted by molar-refractivity contribution is -0.140. The number of hydrogen-bond acceptors (Lipinski definition) is 4. The van der Waals surface area contributed by atoms with Gasteiger partial charge in [-0.1, -0.05) is 79.7 Å². The van der Waals surface area contributed by atoms with E-state index >= 15 is 0 Å². The van der Waals surface area contributed by atoms with E-state index in [4.69, 9.17) is 11.6 Å². The predicted octanol–water partition coefficient (Wildman–Crippen LogP) is 7.12. The molecule has 0 bridgehead atoms. The highest BCUT2D eigenvalue weighted by Gasteiger charge is 2.36. The van der Waals surface area contributed by atoms with Gasteiger partial charge in [0.1, 0.15) is 12.6 Å². The van der Waals surface area contributed by atoms with Crippen molar-refractivity contribution in [2.45, 2.75) is 82.1 Å². The van der Waals surface area contributed by atoms with E-state index in [9.17, 15) is 31.2 Å². The topological polar surface area (TPSA) is 86.8 Å². The summed E-state index contributed by atoms with van der Waals surface area (Å²) in [5, 5.41) is 3.40. The molecule has 0 heterocycles. The van der Waals surface area contributed by atoms with E-state index in [1.165, 1.54) is 23.1 Å². The number of benzene rings is 3. The Hall–Kier alpha value is -3.57. The van der Waals surface area contributed by atoms with Gasteiger partial charge in [0.15, 0.2) is 0 Å². The van der Waals surface area contributed by atoms with E-state index in [-0.39, 0.29) is 35.5 Å². The number of nitrogens with zero attached hydrogens (tertiary/aromatic N) is 2. The summed E-state index contributed by atoms with van der Waals surface area (Å²) in [5.74, 6) is -1.15. The lowest BCUT2D eigenvalue weighted by Gasteiger charge is -2.34. The first kappa shape index (κ1) is 34.3. The van der Waals surface area contributed by atoms with E-state index in [0.29, 0.717) is 21.0 Å². The maximum Gasteiger partial charge on any atom is 0.416 e. The van der Waals surface area contributed by atoms with E-state index in [0.717, 1.165) is 49.8 Å². The fourth-order valence-corrected chi connectivity index (χ4v) is 7.08. The van der Waals surface area contributed by atoms with Crippen LogP contribution in [0.4, 0.5) is 18.9 Å². The zero-order chi connectivity index (χ0) is 32.8. The average molecular weight is 664 g/mol. The third-order valence-corrected chi connectivity index (χ3v) is 10.1. The molecule has 12 heteroatoms. The van der Waals surface area contributed by atoms with Gasteiger partial charge >= 0.3 is 6.18 Å². The number of hydrogen-bond donors (Lipinski definition) is 1. The SMILES string of the molecule is CC[C@@H](C(=O)NC1CCCCC1)N(Cc1ccccc1Cl)C(=O)CN(c1cccc(C(F)(F)F)c1)S(=O)(=O)c1ccc(C)cc1. The molecule has 1 aliphatic carbocycles. The monoisotopic (exact) mass is 663 g/mol. The molecule has 7 nitrogen and oxygen atoms in total. The molecule has 0 saturated heterocycles. The Morgan fingerprint density at radius 1 is 0.978 bits per heavy atom. The first-order valence-electron chi connectivity index (χ1n) is 14.9. The minimum absolute atomic E-state index is 0.0407. The number of amides is 2. The second-order valence-corrected chi connectivity index (χ2v) is 13.5. The number of carbonyl (C=O) groups excluding carboxylic acids is 2. The first-order valence-corrected chi connectivity index (χ1v) is 16.7. The summed E-state index contributed by atoms with van der Waals surface area (Å²) in [7, 11) is -4.53. The summed E-state index contributed by atoms with van der Waals surface area (Å²) >= 11 is 6.43. The average Bonchev–Trinajstić information content (AvgIpc) is 3.01. The van der Waals surface area contributed by atoms with Gasteiger partial charge in [0.05, 0.1) is 16.1 Å². The Bertz CT molecular complexity index is 1590. The molecular weight excluding hydrogens is 627 g/mol. The molecule has 1 N–H and O–H groups in total. The van der Waals surface area contributed by atoms with Crippen molar-refractivity contribution in [1.29, 1.82) is 0 Å². The number of anilines is 1. The Morgan fingerprint density at radius 3 is 2.27 bits per heavy atom.